The first-order valence-electron chi connectivity index (χ1n) is 10.4. The van der Waals surface area contributed by atoms with Crippen LogP contribution in [0.1, 0.15) is 42.7 Å². The molecule has 2 aromatic rings. The summed E-state index contributed by atoms with van der Waals surface area (Å²) in [5, 5.41) is 18.5. The molecule has 9 heteroatoms. The lowest BCUT2D eigenvalue weighted by atomic mass is 9.88. The first-order valence-corrected chi connectivity index (χ1v) is 10.4. The van der Waals surface area contributed by atoms with Crippen molar-refractivity contribution < 1.29 is 19.1 Å². The molecule has 8 nitrogen and oxygen atoms in total. The van der Waals surface area contributed by atoms with Gasteiger partial charge in [-0.25, -0.2) is 14.2 Å². The lowest BCUT2D eigenvalue weighted by Gasteiger charge is -2.42. The number of nitrogens with zero attached hydrogens (tertiary/aromatic N) is 2. The van der Waals surface area contributed by atoms with E-state index in [9.17, 15) is 14.0 Å². The van der Waals surface area contributed by atoms with Gasteiger partial charge in [0, 0.05) is 24.7 Å². The molecule has 4 rings (SSSR count). The summed E-state index contributed by atoms with van der Waals surface area (Å²) in [5.41, 5.74) is 1.60. The smallest absolute Gasteiger partial charge is 0.354 e. The van der Waals surface area contributed by atoms with Gasteiger partial charge >= 0.3 is 5.97 Å². The molecular formula is C22H26FN5O3. The number of fused-ring (bicyclic) bond motifs is 1. The van der Waals surface area contributed by atoms with Gasteiger partial charge in [-0.15, -0.1) is 0 Å². The van der Waals surface area contributed by atoms with Crippen LogP contribution < -0.4 is 16.0 Å². The van der Waals surface area contributed by atoms with Crippen LogP contribution in [0.3, 0.4) is 0 Å². The Kier molecular flexibility index (Phi) is 5.53. The number of aromatic nitrogens is 1. The largest absolute Gasteiger partial charge is 0.477 e. The van der Waals surface area contributed by atoms with Gasteiger partial charge in [-0.1, -0.05) is 0 Å². The van der Waals surface area contributed by atoms with Crippen molar-refractivity contribution >= 4 is 28.9 Å². The SMILES string of the molecule is CCNc1cc(F)cc2c1NC(=O)C2(C)N1CCC[C@@H](Nc2ccc(C(=O)O)nc2)C1. The number of pyridine rings is 1. The van der Waals surface area contributed by atoms with Crippen molar-refractivity contribution in [3.8, 4) is 0 Å². The summed E-state index contributed by atoms with van der Waals surface area (Å²) >= 11 is 0. The van der Waals surface area contributed by atoms with Crippen molar-refractivity contribution in [1.82, 2.24) is 9.88 Å². The Bertz CT molecular complexity index is 1010. The minimum atomic E-state index is -1.07. The van der Waals surface area contributed by atoms with Crippen molar-refractivity contribution in [2.75, 3.05) is 35.6 Å². The number of carboxylic acid groups (broad SMARTS) is 1. The minimum absolute atomic E-state index is 0.0129. The summed E-state index contributed by atoms with van der Waals surface area (Å²) in [7, 11) is 0. The van der Waals surface area contributed by atoms with Crippen molar-refractivity contribution in [2.24, 2.45) is 0 Å². The molecule has 2 aliphatic rings. The van der Waals surface area contributed by atoms with Crippen LogP contribution in [0.25, 0.3) is 0 Å². The highest BCUT2D eigenvalue weighted by Crippen LogP contribution is 2.45. The van der Waals surface area contributed by atoms with Gasteiger partial charge in [-0.3, -0.25) is 9.69 Å². The maximum Gasteiger partial charge on any atom is 0.354 e. The predicted octanol–water partition coefficient (Wildman–Crippen LogP) is 3.09. The third kappa shape index (κ3) is 3.81. The number of halogens is 1. The molecular weight excluding hydrogens is 401 g/mol. The Labute approximate surface area is 179 Å². The molecule has 0 bridgehead atoms. The number of hydrogen-bond donors (Lipinski definition) is 4. The van der Waals surface area contributed by atoms with Crippen LogP contribution in [0.2, 0.25) is 0 Å². The van der Waals surface area contributed by atoms with Crippen LogP contribution in [-0.4, -0.2) is 52.5 Å². The second-order valence-electron chi connectivity index (χ2n) is 8.10. The number of likely N-dealkylation sites (tertiary alicyclic amines) is 1. The van der Waals surface area contributed by atoms with E-state index in [0.717, 1.165) is 18.5 Å². The molecule has 1 saturated heterocycles. The molecule has 0 spiro atoms. The van der Waals surface area contributed by atoms with Gasteiger partial charge in [0.25, 0.3) is 0 Å². The molecule has 1 unspecified atom stereocenters. The van der Waals surface area contributed by atoms with Crippen LogP contribution in [0.5, 0.6) is 0 Å². The quantitative estimate of drug-likeness (QED) is 0.561. The fraction of sp³-hybridized carbons (Fsp3) is 0.409. The van der Waals surface area contributed by atoms with Gasteiger partial charge in [0.15, 0.2) is 0 Å². The standard InChI is InChI=1S/C22H26FN5O3/c1-3-24-18-10-13(23)9-16-19(18)27-21(31)22(16,2)28-8-4-5-15(12-28)26-14-6-7-17(20(29)30)25-11-14/h6-7,9-11,15,24,26H,3-5,8,12H2,1-2H3,(H,27,31)(H,29,30)/t15-,22?/m1/s1. The van der Waals surface area contributed by atoms with E-state index in [1.54, 1.807) is 6.07 Å². The average Bonchev–Trinajstić information content (AvgIpc) is 3.00. The number of carbonyl (C=O) groups excluding carboxylic acids is 1. The maximum atomic E-state index is 14.4. The molecule has 1 aromatic heterocycles. The summed E-state index contributed by atoms with van der Waals surface area (Å²) in [6.07, 6.45) is 3.26. The molecule has 0 saturated carbocycles. The molecule has 0 aliphatic carbocycles. The minimum Gasteiger partial charge on any atom is -0.477 e. The Morgan fingerprint density at radius 3 is 2.90 bits per heavy atom. The number of amides is 1. The predicted molar refractivity (Wildman–Crippen MR) is 116 cm³/mol. The second kappa shape index (κ2) is 8.14. The zero-order valence-electron chi connectivity index (χ0n) is 17.5. The Balaban J connectivity index is 1.57. The van der Waals surface area contributed by atoms with E-state index in [0.29, 0.717) is 36.6 Å². The third-order valence-corrected chi connectivity index (χ3v) is 6.08. The van der Waals surface area contributed by atoms with Crippen LogP contribution in [0.4, 0.5) is 21.5 Å². The molecule has 2 atom stereocenters. The fourth-order valence-electron chi connectivity index (χ4n) is 4.47. The second-order valence-corrected chi connectivity index (χ2v) is 8.10. The number of anilines is 3. The number of piperidine rings is 1. The van der Waals surface area contributed by atoms with Crippen molar-refractivity contribution in [2.45, 2.75) is 38.3 Å². The van der Waals surface area contributed by atoms with Gasteiger partial charge in [0.1, 0.15) is 17.1 Å². The number of rotatable bonds is 6. The molecule has 1 fully saturated rings. The molecule has 3 heterocycles. The number of nitrogens with one attached hydrogen (secondary N) is 3. The van der Waals surface area contributed by atoms with Crippen LogP contribution in [-0.2, 0) is 10.3 Å². The Morgan fingerprint density at radius 2 is 2.23 bits per heavy atom. The summed E-state index contributed by atoms with van der Waals surface area (Å²) in [6.45, 7) is 5.68. The number of aromatic carboxylic acids is 1. The summed E-state index contributed by atoms with van der Waals surface area (Å²) in [6, 6.07) is 6.04. The zero-order chi connectivity index (χ0) is 22.2. The monoisotopic (exact) mass is 427 g/mol. The van der Waals surface area contributed by atoms with Gasteiger partial charge in [0.05, 0.1) is 23.3 Å². The normalized spacial score (nSPS) is 23.2. The number of benzene rings is 1. The first-order chi connectivity index (χ1) is 14.8. The zero-order valence-corrected chi connectivity index (χ0v) is 17.5. The van der Waals surface area contributed by atoms with Crippen LogP contribution in [0.15, 0.2) is 30.5 Å². The lowest BCUT2D eigenvalue weighted by molar-refractivity contribution is -0.127. The molecule has 4 N–H and O–H groups in total. The van der Waals surface area contributed by atoms with E-state index in [1.165, 1.54) is 24.4 Å². The molecule has 0 radical (unpaired) electrons. The molecule has 2 aliphatic heterocycles. The van der Waals surface area contributed by atoms with Gasteiger partial charge in [-0.05, 0) is 57.5 Å². The van der Waals surface area contributed by atoms with E-state index in [2.05, 4.69) is 25.8 Å². The third-order valence-electron chi connectivity index (χ3n) is 6.08. The summed E-state index contributed by atoms with van der Waals surface area (Å²) in [5.74, 6) is -1.62. The first kappa shape index (κ1) is 21.0. The van der Waals surface area contributed by atoms with Crippen molar-refractivity contribution in [3.63, 3.8) is 0 Å². The highest BCUT2D eigenvalue weighted by atomic mass is 19.1. The number of hydrogen-bond acceptors (Lipinski definition) is 6. The van der Waals surface area contributed by atoms with Gasteiger partial charge < -0.3 is 21.1 Å². The van der Waals surface area contributed by atoms with Crippen molar-refractivity contribution in [3.05, 3.63) is 47.5 Å². The Morgan fingerprint density at radius 1 is 1.42 bits per heavy atom. The lowest BCUT2D eigenvalue weighted by Crippen LogP contribution is -2.55. The topological polar surface area (TPSA) is 107 Å². The van der Waals surface area contributed by atoms with Crippen LogP contribution in [0, 0.1) is 5.82 Å². The molecule has 164 valence electrons. The number of carboxylic acids is 1. The van der Waals surface area contributed by atoms with Crippen molar-refractivity contribution in [1.29, 1.82) is 0 Å². The van der Waals surface area contributed by atoms with E-state index in [1.807, 2.05) is 13.8 Å². The van der Waals surface area contributed by atoms with E-state index in [4.69, 9.17) is 5.11 Å². The highest BCUT2D eigenvalue weighted by Gasteiger charge is 2.49. The number of carbonyl (C=O) groups is 2. The molecule has 1 amide bonds. The van der Waals surface area contributed by atoms with E-state index < -0.39 is 11.5 Å². The van der Waals surface area contributed by atoms with Gasteiger partial charge in [0.2, 0.25) is 5.91 Å². The molecule has 31 heavy (non-hydrogen) atoms. The summed E-state index contributed by atoms with van der Waals surface area (Å²) < 4.78 is 14.4. The molecule has 1 aromatic carbocycles. The van der Waals surface area contributed by atoms with E-state index in [-0.39, 0.29) is 23.5 Å². The summed E-state index contributed by atoms with van der Waals surface area (Å²) in [4.78, 5) is 30.1. The van der Waals surface area contributed by atoms with Crippen LogP contribution >= 0.6 is 0 Å². The Hall–Kier alpha value is -3.20. The van der Waals surface area contributed by atoms with Gasteiger partial charge in [-0.2, -0.15) is 0 Å². The van der Waals surface area contributed by atoms with E-state index >= 15 is 0 Å². The fourth-order valence-corrected chi connectivity index (χ4v) is 4.47. The highest BCUT2D eigenvalue weighted by molar-refractivity contribution is 6.08. The average molecular weight is 427 g/mol. The maximum absolute atomic E-state index is 14.4.